The Hall–Kier alpha value is -2.66. The van der Waals surface area contributed by atoms with E-state index < -0.39 is 0 Å². The lowest BCUT2D eigenvalue weighted by atomic mass is 10.0. The van der Waals surface area contributed by atoms with E-state index in [4.69, 9.17) is 0 Å². The Labute approximate surface area is 141 Å². The number of benzene rings is 3. The topological polar surface area (TPSA) is 61.7 Å². The van der Waals surface area contributed by atoms with Crippen LogP contribution in [0.1, 0.15) is 15.9 Å². The number of rotatable bonds is 3. The van der Waals surface area contributed by atoms with Crippen molar-refractivity contribution >= 4 is 38.8 Å². The van der Waals surface area contributed by atoms with E-state index >= 15 is 0 Å². The van der Waals surface area contributed by atoms with Crippen molar-refractivity contribution in [1.29, 1.82) is 0 Å². The fraction of sp³-hybridized carbons (Fsp3) is 0. The quantitative estimate of drug-likeness (QED) is 0.540. The maximum absolute atomic E-state index is 12.1. The van der Waals surface area contributed by atoms with Crippen LogP contribution >= 0.6 is 15.9 Å². The average molecular weight is 369 g/mol. The molecule has 4 nitrogen and oxygen atoms in total. The molecule has 0 aliphatic carbocycles. The molecule has 0 heterocycles. The largest absolute Gasteiger partial charge is 0.507 e. The van der Waals surface area contributed by atoms with Crippen molar-refractivity contribution < 1.29 is 9.90 Å². The van der Waals surface area contributed by atoms with E-state index in [2.05, 4.69) is 26.5 Å². The average Bonchev–Trinajstić information content (AvgIpc) is 2.57. The molecule has 0 saturated carbocycles. The molecule has 0 aromatic heterocycles. The van der Waals surface area contributed by atoms with E-state index in [0.717, 1.165) is 10.8 Å². The monoisotopic (exact) mass is 368 g/mol. The van der Waals surface area contributed by atoms with Crippen LogP contribution in [0.3, 0.4) is 0 Å². The van der Waals surface area contributed by atoms with E-state index in [-0.39, 0.29) is 11.7 Å². The molecule has 23 heavy (non-hydrogen) atoms. The Balaban J connectivity index is 1.85. The van der Waals surface area contributed by atoms with E-state index in [1.807, 2.05) is 36.4 Å². The van der Waals surface area contributed by atoms with Crippen LogP contribution in [0, 0.1) is 0 Å². The summed E-state index contributed by atoms with van der Waals surface area (Å²) in [7, 11) is 0. The van der Waals surface area contributed by atoms with Crippen LogP contribution in [0.2, 0.25) is 0 Å². The molecule has 0 aliphatic heterocycles. The van der Waals surface area contributed by atoms with Gasteiger partial charge in [0, 0.05) is 10.0 Å². The number of fused-ring (bicyclic) bond motifs is 1. The fourth-order valence-electron chi connectivity index (χ4n) is 2.28. The molecule has 2 N–H and O–H groups in total. The first-order valence-corrected chi connectivity index (χ1v) is 7.75. The maximum atomic E-state index is 12.1. The van der Waals surface area contributed by atoms with E-state index in [0.29, 0.717) is 15.6 Å². The van der Waals surface area contributed by atoms with Gasteiger partial charge < -0.3 is 5.11 Å². The van der Waals surface area contributed by atoms with Gasteiger partial charge in [-0.2, -0.15) is 5.10 Å². The van der Waals surface area contributed by atoms with Crippen LogP contribution in [0.5, 0.6) is 5.75 Å². The van der Waals surface area contributed by atoms with Crippen LogP contribution in [0.25, 0.3) is 10.8 Å². The number of hydrogen-bond donors (Lipinski definition) is 2. The normalized spacial score (nSPS) is 11.0. The van der Waals surface area contributed by atoms with Crippen molar-refractivity contribution in [2.75, 3.05) is 0 Å². The number of amides is 1. The molecule has 0 aliphatic rings. The zero-order valence-corrected chi connectivity index (χ0v) is 13.6. The van der Waals surface area contributed by atoms with Crippen molar-refractivity contribution in [1.82, 2.24) is 5.43 Å². The third-order valence-electron chi connectivity index (χ3n) is 3.43. The summed E-state index contributed by atoms with van der Waals surface area (Å²) in [6.07, 6.45) is 1.45. The molecule has 0 atom stereocenters. The SMILES string of the molecule is O=C(NN=Cc1c(O)ccc2ccccc12)c1ccccc1Br. The van der Waals surface area contributed by atoms with Gasteiger partial charge in [0.05, 0.1) is 11.8 Å². The first-order chi connectivity index (χ1) is 11.2. The van der Waals surface area contributed by atoms with Gasteiger partial charge in [-0.3, -0.25) is 4.79 Å². The highest BCUT2D eigenvalue weighted by Crippen LogP contribution is 2.25. The molecule has 3 aromatic carbocycles. The summed E-state index contributed by atoms with van der Waals surface area (Å²) < 4.78 is 0.695. The number of halogens is 1. The molecule has 3 aromatic rings. The van der Waals surface area contributed by atoms with E-state index in [1.54, 1.807) is 24.3 Å². The summed E-state index contributed by atoms with van der Waals surface area (Å²) >= 11 is 3.33. The van der Waals surface area contributed by atoms with Crippen molar-refractivity contribution in [3.63, 3.8) is 0 Å². The van der Waals surface area contributed by atoms with Crippen LogP contribution in [0.15, 0.2) is 70.2 Å². The minimum atomic E-state index is -0.326. The number of hydrogen-bond acceptors (Lipinski definition) is 3. The molecular weight excluding hydrogens is 356 g/mol. The van der Waals surface area contributed by atoms with Gasteiger partial charge in [-0.1, -0.05) is 42.5 Å². The minimum absolute atomic E-state index is 0.114. The van der Waals surface area contributed by atoms with Gasteiger partial charge in [0.2, 0.25) is 0 Å². The predicted molar refractivity (Wildman–Crippen MR) is 94.8 cm³/mol. The number of nitrogens with zero attached hydrogens (tertiary/aromatic N) is 1. The van der Waals surface area contributed by atoms with Crippen molar-refractivity contribution in [3.05, 3.63) is 76.3 Å². The lowest BCUT2D eigenvalue weighted by Crippen LogP contribution is -2.18. The molecule has 114 valence electrons. The van der Waals surface area contributed by atoms with Crippen molar-refractivity contribution in [3.8, 4) is 5.75 Å². The number of nitrogens with one attached hydrogen (secondary N) is 1. The third-order valence-corrected chi connectivity index (χ3v) is 4.12. The number of phenolic OH excluding ortho intramolecular Hbond substituents is 1. The second-order valence-electron chi connectivity index (χ2n) is 4.90. The second kappa shape index (κ2) is 6.62. The van der Waals surface area contributed by atoms with Gasteiger partial charge in [0.15, 0.2) is 0 Å². The smallest absolute Gasteiger partial charge is 0.272 e. The lowest BCUT2D eigenvalue weighted by molar-refractivity contribution is 0.0954. The molecule has 5 heteroatoms. The van der Waals surface area contributed by atoms with Gasteiger partial charge in [0.1, 0.15) is 5.75 Å². The van der Waals surface area contributed by atoms with Gasteiger partial charge in [-0.15, -0.1) is 0 Å². The number of hydrazone groups is 1. The summed E-state index contributed by atoms with van der Waals surface area (Å²) in [6, 6.07) is 18.2. The number of aromatic hydroxyl groups is 1. The summed E-state index contributed by atoms with van der Waals surface area (Å²) in [6.45, 7) is 0. The highest BCUT2D eigenvalue weighted by atomic mass is 79.9. The van der Waals surface area contributed by atoms with Crippen LogP contribution in [-0.4, -0.2) is 17.2 Å². The van der Waals surface area contributed by atoms with Crippen molar-refractivity contribution in [2.24, 2.45) is 5.10 Å². The molecule has 0 saturated heterocycles. The van der Waals surface area contributed by atoms with Crippen molar-refractivity contribution in [2.45, 2.75) is 0 Å². The Bertz CT molecular complexity index is 906. The maximum Gasteiger partial charge on any atom is 0.272 e. The van der Waals surface area contributed by atoms with Gasteiger partial charge in [-0.25, -0.2) is 5.43 Å². The second-order valence-corrected chi connectivity index (χ2v) is 5.75. The number of carbonyl (C=O) groups excluding carboxylic acids is 1. The standard InChI is InChI=1S/C18H13BrN2O2/c19-16-8-4-3-7-14(16)18(23)21-20-11-15-13-6-2-1-5-12(13)9-10-17(15)22/h1-11,22H,(H,21,23). The first kappa shape index (κ1) is 15.2. The summed E-state index contributed by atoms with van der Waals surface area (Å²) in [5.74, 6) is -0.212. The molecule has 0 radical (unpaired) electrons. The van der Waals surface area contributed by atoms with E-state index in [1.165, 1.54) is 6.21 Å². The van der Waals surface area contributed by atoms with Gasteiger partial charge in [0.25, 0.3) is 5.91 Å². The predicted octanol–water partition coefficient (Wildman–Crippen LogP) is 4.07. The Morgan fingerprint density at radius 1 is 1.04 bits per heavy atom. The lowest BCUT2D eigenvalue weighted by Gasteiger charge is -2.05. The zero-order chi connectivity index (χ0) is 16.2. The molecule has 1 amide bonds. The molecule has 0 fully saturated rings. The Morgan fingerprint density at radius 2 is 1.78 bits per heavy atom. The molecule has 3 rings (SSSR count). The molecule has 0 spiro atoms. The van der Waals surface area contributed by atoms with Gasteiger partial charge >= 0.3 is 0 Å². The minimum Gasteiger partial charge on any atom is -0.507 e. The number of phenols is 1. The van der Waals surface area contributed by atoms with Crippen LogP contribution in [-0.2, 0) is 0 Å². The fourth-order valence-corrected chi connectivity index (χ4v) is 2.75. The highest BCUT2D eigenvalue weighted by Gasteiger charge is 2.08. The van der Waals surface area contributed by atoms with Crippen LogP contribution < -0.4 is 5.43 Å². The number of carbonyl (C=O) groups is 1. The molecule has 0 unspecified atom stereocenters. The van der Waals surface area contributed by atoms with Crippen LogP contribution in [0.4, 0.5) is 0 Å². The molecular formula is C18H13BrN2O2. The molecule has 0 bridgehead atoms. The Kier molecular flexibility index (Phi) is 4.39. The summed E-state index contributed by atoms with van der Waals surface area (Å²) in [5.41, 5.74) is 3.53. The Morgan fingerprint density at radius 3 is 2.61 bits per heavy atom. The highest BCUT2D eigenvalue weighted by molar-refractivity contribution is 9.10. The summed E-state index contributed by atoms with van der Waals surface area (Å²) in [4.78, 5) is 12.1. The first-order valence-electron chi connectivity index (χ1n) is 6.95. The third kappa shape index (κ3) is 3.24. The summed E-state index contributed by atoms with van der Waals surface area (Å²) in [5, 5.41) is 15.8. The van der Waals surface area contributed by atoms with E-state index in [9.17, 15) is 9.90 Å². The van der Waals surface area contributed by atoms with Gasteiger partial charge in [-0.05, 0) is 44.9 Å². The zero-order valence-electron chi connectivity index (χ0n) is 12.0.